The number of hydrogen-bond donors (Lipinski definition) is 2. The smallest absolute Gasteiger partial charge is 0.181 e. The van der Waals surface area contributed by atoms with Gasteiger partial charge in [0.1, 0.15) is 17.1 Å². The lowest BCUT2D eigenvalue weighted by atomic mass is 9.39. The van der Waals surface area contributed by atoms with Crippen molar-refractivity contribution >= 4 is 17.3 Å². The van der Waals surface area contributed by atoms with Crippen LogP contribution in [-0.2, 0) is 19.1 Å². The molecule has 1 aliphatic heterocycles. The Morgan fingerprint density at radius 1 is 1.16 bits per heavy atom. The quantitative estimate of drug-likeness (QED) is 0.528. The summed E-state index contributed by atoms with van der Waals surface area (Å²) in [5.74, 6) is 1.03. The number of ketones is 3. The van der Waals surface area contributed by atoms with E-state index in [2.05, 4.69) is 13.8 Å². The lowest BCUT2D eigenvalue weighted by molar-refractivity contribution is -0.256. The number of carbonyl (C=O) groups is 3. The monoisotopic (exact) mass is 520 g/mol. The highest BCUT2D eigenvalue weighted by Gasteiger charge is 2.85. The molecule has 9 atom stereocenters. The maximum atomic E-state index is 14.3. The molecule has 0 aromatic heterocycles. The van der Waals surface area contributed by atoms with Gasteiger partial charge in [-0.1, -0.05) is 44.2 Å². The summed E-state index contributed by atoms with van der Waals surface area (Å²) in [6.07, 6.45) is 2.87. The van der Waals surface area contributed by atoms with Crippen LogP contribution in [0, 0.1) is 40.4 Å². The molecule has 1 heterocycles. The van der Waals surface area contributed by atoms with Crippen LogP contribution in [0.5, 0.6) is 0 Å². The van der Waals surface area contributed by atoms with E-state index in [0.29, 0.717) is 36.5 Å². The average Bonchev–Trinajstić information content (AvgIpc) is 3.45. The molecule has 1 saturated heterocycles. The molecule has 5 aliphatic carbocycles. The Bertz CT molecular complexity index is 1250. The highest BCUT2D eigenvalue weighted by atomic mass is 16.5. The van der Waals surface area contributed by atoms with Crippen molar-refractivity contribution in [2.45, 2.75) is 90.4 Å². The van der Waals surface area contributed by atoms with E-state index in [1.54, 1.807) is 13.8 Å². The van der Waals surface area contributed by atoms with Crippen LogP contribution in [0.4, 0.5) is 0 Å². The zero-order chi connectivity index (χ0) is 27.4. The molecule has 204 valence electrons. The van der Waals surface area contributed by atoms with Gasteiger partial charge in [0, 0.05) is 12.8 Å². The van der Waals surface area contributed by atoms with Gasteiger partial charge in [-0.25, -0.2) is 0 Å². The minimum Gasteiger partial charge on any atom is -0.511 e. The van der Waals surface area contributed by atoms with E-state index in [1.807, 2.05) is 30.3 Å². The molecule has 3 saturated carbocycles. The van der Waals surface area contributed by atoms with E-state index in [1.165, 1.54) is 6.92 Å². The van der Waals surface area contributed by atoms with Crippen molar-refractivity contribution in [3.05, 3.63) is 47.2 Å². The summed E-state index contributed by atoms with van der Waals surface area (Å²) in [5.41, 5.74) is -4.54. The van der Waals surface area contributed by atoms with Crippen LogP contribution in [0.25, 0.3) is 0 Å². The second kappa shape index (κ2) is 8.11. The number of fused-ring (bicyclic) bond motifs is 2. The van der Waals surface area contributed by atoms with Gasteiger partial charge < -0.3 is 19.7 Å². The van der Waals surface area contributed by atoms with E-state index >= 15 is 0 Å². The third kappa shape index (κ3) is 2.99. The average molecular weight is 521 g/mol. The summed E-state index contributed by atoms with van der Waals surface area (Å²) in [7, 11) is 0. The van der Waals surface area contributed by atoms with Gasteiger partial charge in [-0.3, -0.25) is 9.59 Å². The Hall–Kier alpha value is -2.31. The lowest BCUT2D eigenvalue weighted by Gasteiger charge is -2.67. The van der Waals surface area contributed by atoms with E-state index < -0.39 is 33.9 Å². The molecule has 0 unspecified atom stereocenters. The molecule has 6 heteroatoms. The molecule has 6 nitrogen and oxygen atoms in total. The number of carbonyl (C=O) groups excluding carboxylic acids is 3. The van der Waals surface area contributed by atoms with Crippen molar-refractivity contribution in [3.8, 4) is 0 Å². The number of aliphatic hydroxyl groups excluding tert-OH is 1. The SMILES string of the molecule is CC(=O)CC[C@H](C(C)C)[C@@H]1[C@H]2CC[C@@]3(C[C@]45O[C@H](c6ccccc6)CC(=O)C4=C(O)[C@@]3(C)C(=O)[C@]5(C)O)[C@H]21. The second-order valence-electron chi connectivity index (χ2n) is 13.5. The Morgan fingerprint density at radius 2 is 1.84 bits per heavy atom. The van der Waals surface area contributed by atoms with E-state index in [9.17, 15) is 24.6 Å². The van der Waals surface area contributed by atoms with Crippen LogP contribution in [0.3, 0.4) is 0 Å². The number of benzene rings is 1. The van der Waals surface area contributed by atoms with Crippen LogP contribution in [0.2, 0.25) is 0 Å². The molecule has 2 bridgehead atoms. The van der Waals surface area contributed by atoms with Gasteiger partial charge in [0.15, 0.2) is 17.2 Å². The van der Waals surface area contributed by atoms with Crippen molar-refractivity contribution in [1.29, 1.82) is 0 Å². The summed E-state index contributed by atoms with van der Waals surface area (Å²) in [6, 6.07) is 9.47. The fourth-order valence-corrected chi connectivity index (χ4v) is 9.64. The van der Waals surface area contributed by atoms with Crippen LogP contribution < -0.4 is 0 Å². The van der Waals surface area contributed by atoms with E-state index in [0.717, 1.165) is 24.8 Å². The van der Waals surface area contributed by atoms with Crippen molar-refractivity contribution in [2.75, 3.05) is 0 Å². The second-order valence-corrected chi connectivity index (χ2v) is 13.5. The predicted octanol–water partition coefficient (Wildman–Crippen LogP) is 5.30. The third-order valence-corrected chi connectivity index (χ3v) is 11.5. The molecule has 0 amide bonds. The highest BCUT2D eigenvalue weighted by molar-refractivity contribution is 6.09. The molecule has 1 aromatic rings. The van der Waals surface area contributed by atoms with Gasteiger partial charge in [0.25, 0.3) is 0 Å². The molecule has 38 heavy (non-hydrogen) atoms. The minimum absolute atomic E-state index is 0.0632. The van der Waals surface area contributed by atoms with Gasteiger partial charge in [-0.2, -0.15) is 0 Å². The summed E-state index contributed by atoms with van der Waals surface area (Å²) in [5, 5.41) is 23.8. The number of aliphatic hydroxyl groups is 2. The molecule has 6 aliphatic rings. The Balaban J connectivity index is 1.47. The van der Waals surface area contributed by atoms with E-state index in [4.69, 9.17) is 4.74 Å². The number of hydrogen-bond acceptors (Lipinski definition) is 6. The van der Waals surface area contributed by atoms with Crippen molar-refractivity contribution < 1.29 is 29.3 Å². The molecule has 7 rings (SSSR count). The largest absolute Gasteiger partial charge is 0.511 e. The number of Topliss-reactive ketones (excluding diaryl/α,β-unsaturated/α-hetero) is 3. The summed E-state index contributed by atoms with van der Waals surface area (Å²) < 4.78 is 6.74. The standard InChI is InChI=1S/C32H40O6/c1-17(2)20(12-11-18(3)33)24-21-13-14-31(25(21)24)16-32-26(27(35)29(31,4)28(36)30(32,5)37)22(34)15-23(38-32)19-9-7-6-8-10-19/h6-10,17,20-21,23-25,35,37H,11-16H2,1-5H3/t20-,21-,23+,24-,25-,29+,30+,31-,32+/m1/s1. The van der Waals surface area contributed by atoms with Crippen molar-refractivity contribution in [2.24, 2.45) is 40.4 Å². The van der Waals surface area contributed by atoms with Gasteiger partial charge in [-0.15, -0.1) is 0 Å². The first-order valence-corrected chi connectivity index (χ1v) is 14.3. The zero-order valence-corrected chi connectivity index (χ0v) is 23.1. The van der Waals surface area contributed by atoms with Crippen LogP contribution >= 0.6 is 0 Å². The lowest BCUT2D eigenvalue weighted by Crippen LogP contribution is -2.78. The van der Waals surface area contributed by atoms with Gasteiger partial charge in [0.05, 0.1) is 17.1 Å². The molecule has 2 spiro atoms. The maximum absolute atomic E-state index is 14.3. The maximum Gasteiger partial charge on any atom is 0.181 e. The van der Waals surface area contributed by atoms with Crippen LogP contribution in [0.1, 0.15) is 84.8 Å². The number of rotatable bonds is 6. The van der Waals surface area contributed by atoms with Gasteiger partial charge in [-0.05, 0) is 87.0 Å². The third-order valence-electron chi connectivity index (χ3n) is 11.5. The Labute approximate surface area is 224 Å². The summed E-state index contributed by atoms with van der Waals surface area (Å²) >= 11 is 0. The topological polar surface area (TPSA) is 101 Å². The van der Waals surface area contributed by atoms with Crippen molar-refractivity contribution in [3.63, 3.8) is 0 Å². The molecule has 1 aromatic carbocycles. The normalized spacial score (nSPS) is 44.0. The number of allylic oxidation sites excluding steroid dienone is 1. The minimum atomic E-state index is -1.94. The summed E-state index contributed by atoms with van der Waals surface area (Å²) in [6.45, 7) is 9.30. The molecular weight excluding hydrogens is 480 g/mol. The predicted molar refractivity (Wildman–Crippen MR) is 141 cm³/mol. The van der Waals surface area contributed by atoms with Crippen LogP contribution in [-0.4, -0.2) is 38.8 Å². The fourth-order valence-electron chi connectivity index (χ4n) is 9.64. The van der Waals surface area contributed by atoms with Crippen LogP contribution in [0.15, 0.2) is 41.7 Å². The van der Waals surface area contributed by atoms with E-state index in [-0.39, 0.29) is 35.2 Å². The molecule has 0 radical (unpaired) electrons. The van der Waals surface area contributed by atoms with Gasteiger partial charge >= 0.3 is 0 Å². The number of ether oxygens (including phenoxy) is 1. The van der Waals surface area contributed by atoms with Crippen molar-refractivity contribution in [1.82, 2.24) is 0 Å². The molecule has 4 fully saturated rings. The molecule has 2 N–H and O–H groups in total. The van der Waals surface area contributed by atoms with Gasteiger partial charge in [0.2, 0.25) is 0 Å². The Morgan fingerprint density at radius 3 is 2.47 bits per heavy atom. The fraction of sp³-hybridized carbons (Fsp3) is 0.656. The molecular formula is C32H40O6. The first-order valence-electron chi connectivity index (χ1n) is 14.3. The summed E-state index contributed by atoms with van der Waals surface area (Å²) in [4.78, 5) is 39.9. The first-order chi connectivity index (χ1) is 17.8. The Kier molecular flexibility index (Phi) is 5.53. The highest BCUT2D eigenvalue weighted by Crippen LogP contribution is 2.82. The first kappa shape index (κ1) is 25.9. The zero-order valence-electron chi connectivity index (χ0n) is 23.1.